The minimum Gasteiger partial charge on any atom is -0.482 e. The van der Waals surface area contributed by atoms with Crippen LogP contribution in [0, 0.1) is 10.1 Å². The van der Waals surface area contributed by atoms with E-state index in [1.807, 2.05) is 6.08 Å². The van der Waals surface area contributed by atoms with E-state index in [9.17, 15) is 10.1 Å². The maximum atomic E-state index is 11.0. The number of nitrogens with zero attached hydrogens (tertiary/aromatic N) is 1. The molecule has 0 aromatic heterocycles. The van der Waals surface area contributed by atoms with Gasteiger partial charge in [0.2, 0.25) is 0 Å². The van der Waals surface area contributed by atoms with Crippen LogP contribution in [0.5, 0.6) is 5.75 Å². The highest BCUT2D eigenvalue weighted by Gasteiger charge is 2.37. The molecule has 2 N–H and O–H groups in total. The molecule has 0 unspecified atom stereocenters. The van der Waals surface area contributed by atoms with Crippen LogP contribution in [0.25, 0.3) is 6.08 Å². The summed E-state index contributed by atoms with van der Waals surface area (Å²) in [7, 11) is 0. The number of nitrogen functional groups attached to an aromatic ring is 1. The number of fused-ring (bicyclic) bond motifs is 1. The Kier molecular flexibility index (Phi) is 2.29. The molecule has 1 aliphatic heterocycles. The van der Waals surface area contributed by atoms with Gasteiger partial charge in [0.1, 0.15) is 17.0 Å². The Balaban J connectivity index is 2.09. The van der Waals surface area contributed by atoms with Crippen molar-refractivity contribution >= 4 is 17.5 Å². The number of anilines is 1. The van der Waals surface area contributed by atoms with Crippen LogP contribution in [-0.4, -0.2) is 10.5 Å². The van der Waals surface area contributed by atoms with Crippen molar-refractivity contribution in [3.05, 3.63) is 33.9 Å². The summed E-state index contributed by atoms with van der Waals surface area (Å²) < 4.78 is 5.98. The Bertz CT molecular complexity index is 545. The lowest BCUT2D eigenvalue weighted by molar-refractivity contribution is -0.384. The van der Waals surface area contributed by atoms with Gasteiger partial charge in [0.15, 0.2) is 0 Å². The Morgan fingerprint density at radius 2 is 2.06 bits per heavy atom. The van der Waals surface area contributed by atoms with Gasteiger partial charge >= 0.3 is 5.69 Å². The van der Waals surface area contributed by atoms with E-state index in [0.29, 0.717) is 11.3 Å². The van der Waals surface area contributed by atoms with E-state index in [4.69, 9.17) is 10.5 Å². The molecule has 1 aromatic carbocycles. The lowest BCUT2D eigenvalue weighted by Gasteiger charge is -2.31. The summed E-state index contributed by atoms with van der Waals surface area (Å²) in [6.07, 6.45) is 7.96. The molecule has 1 fully saturated rings. The van der Waals surface area contributed by atoms with Crippen molar-refractivity contribution in [2.45, 2.75) is 31.3 Å². The van der Waals surface area contributed by atoms with E-state index in [1.54, 1.807) is 18.2 Å². The molecule has 1 spiro atoms. The Morgan fingerprint density at radius 1 is 1.33 bits per heavy atom. The van der Waals surface area contributed by atoms with E-state index in [2.05, 4.69) is 0 Å². The lowest BCUT2D eigenvalue weighted by atomic mass is 9.96. The molecule has 0 saturated heterocycles. The second-order valence-corrected chi connectivity index (χ2v) is 4.88. The molecule has 1 heterocycles. The first-order valence-corrected chi connectivity index (χ1v) is 6.06. The topological polar surface area (TPSA) is 78.4 Å². The number of ether oxygens (including phenoxy) is 1. The van der Waals surface area contributed by atoms with Gasteiger partial charge in [-0.1, -0.05) is 0 Å². The lowest BCUT2D eigenvalue weighted by Crippen LogP contribution is -2.32. The van der Waals surface area contributed by atoms with E-state index >= 15 is 0 Å². The zero-order chi connectivity index (χ0) is 12.8. The standard InChI is InChI=1S/C13H14N2O3/c14-10-3-4-11-9(12(10)15(16)17)5-8-13(18-11)6-1-2-7-13/h3-5,8H,1-2,6-7,14H2. The smallest absolute Gasteiger partial charge is 0.302 e. The number of hydrogen-bond acceptors (Lipinski definition) is 4. The van der Waals surface area contributed by atoms with Crippen LogP contribution >= 0.6 is 0 Å². The Hall–Kier alpha value is -2.04. The molecule has 0 atom stereocenters. The third-order valence-corrected chi connectivity index (χ3v) is 3.71. The van der Waals surface area contributed by atoms with Crippen LogP contribution < -0.4 is 10.5 Å². The first-order valence-electron chi connectivity index (χ1n) is 6.06. The van der Waals surface area contributed by atoms with Gasteiger partial charge in [0.05, 0.1) is 10.5 Å². The maximum Gasteiger partial charge on any atom is 0.302 e. The minimum atomic E-state index is -0.450. The molecule has 1 aromatic rings. The summed E-state index contributed by atoms with van der Waals surface area (Å²) in [5, 5.41) is 11.0. The second kappa shape index (κ2) is 3.73. The second-order valence-electron chi connectivity index (χ2n) is 4.88. The average molecular weight is 246 g/mol. The van der Waals surface area contributed by atoms with E-state index < -0.39 is 4.92 Å². The molecule has 18 heavy (non-hydrogen) atoms. The molecule has 3 rings (SSSR count). The summed E-state index contributed by atoms with van der Waals surface area (Å²) in [6, 6.07) is 3.26. The summed E-state index contributed by atoms with van der Waals surface area (Å²) in [5.41, 5.74) is 6.01. The van der Waals surface area contributed by atoms with Gasteiger partial charge in [-0.05, 0) is 50.0 Å². The van der Waals surface area contributed by atoms with E-state index in [-0.39, 0.29) is 17.0 Å². The fourth-order valence-electron chi connectivity index (χ4n) is 2.79. The molecule has 0 amide bonds. The van der Waals surface area contributed by atoms with Crippen LogP contribution in [0.4, 0.5) is 11.4 Å². The first-order chi connectivity index (χ1) is 8.61. The van der Waals surface area contributed by atoms with Gasteiger partial charge in [0, 0.05) is 0 Å². The third kappa shape index (κ3) is 1.54. The van der Waals surface area contributed by atoms with Crippen molar-refractivity contribution in [1.29, 1.82) is 0 Å². The van der Waals surface area contributed by atoms with Crippen molar-refractivity contribution in [2.75, 3.05) is 5.73 Å². The average Bonchev–Trinajstić information content (AvgIpc) is 2.77. The number of nitrogens with two attached hydrogens (primary N) is 1. The SMILES string of the molecule is Nc1ccc2c(c1[N+](=O)[O-])C=CC1(CCCC1)O2. The van der Waals surface area contributed by atoms with E-state index in [0.717, 1.165) is 25.7 Å². The largest absolute Gasteiger partial charge is 0.482 e. The highest BCUT2D eigenvalue weighted by atomic mass is 16.6. The number of nitro benzene ring substituents is 1. The van der Waals surface area contributed by atoms with Gasteiger partial charge in [-0.3, -0.25) is 10.1 Å². The van der Waals surface area contributed by atoms with Crippen molar-refractivity contribution < 1.29 is 9.66 Å². The quantitative estimate of drug-likeness (QED) is 0.469. The molecule has 0 radical (unpaired) electrons. The molecular weight excluding hydrogens is 232 g/mol. The molecular formula is C13H14N2O3. The normalized spacial score (nSPS) is 19.6. The predicted molar refractivity (Wildman–Crippen MR) is 68.4 cm³/mol. The summed E-state index contributed by atoms with van der Waals surface area (Å²) in [5.74, 6) is 0.570. The van der Waals surface area contributed by atoms with E-state index in [1.165, 1.54) is 0 Å². The van der Waals surface area contributed by atoms with Crippen LogP contribution in [0.3, 0.4) is 0 Å². The van der Waals surface area contributed by atoms with Crippen LogP contribution in [0.1, 0.15) is 31.2 Å². The van der Waals surface area contributed by atoms with Crippen molar-refractivity contribution in [3.63, 3.8) is 0 Å². The number of nitro groups is 1. The van der Waals surface area contributed by atoms with Gasteiger partial charge < -0.3 is 10.5 Å². The van der Waals surface area contributed by atoms with Gasteiger partial charge in [-0.2, -0.15) is 0 Å². The third-order valence-electron chi connectivity index (χ3n) is 3.71. The molecule has 5 nitrogen and oxygen atoms in total. The maximum absolute atomic E-state index is 11.0. The zero-order valence-corrected chi connectivity index (χ0v) is 9.89. The molecule has 94 valence electrons. The van der Waals surface area contributed by atoms with Crippen molar-refractivity contribution in [2.24, 2.45) is 0 Å². The van der Waals surface area contributed by atoms with Crippen LogP contribution in [0.15, 0.2) is 18.2 Å². The van der Waals surface area contributed by atoms with Crippen LogP contribution in [-0.2, 0) is 0 Å². The monoisotopic (exact) mass is 246 g/mol. The Labute approximate surface area is 104 Å². The molecule has 0 bridgehead atoms. The number of benzene rings is 1. The molecule has 1 saturated carbocycles. The highest BCUT2D eigenvalue weighted by molar-refractivity contribution is 5.78. The minimum absolute atomic E-state index is 0.0587. The van der Waals surface area contributed by atoms with Crippen molar-refractivity contribution in [1.82, 2.24) is 0 Å². The fraction of sp³-hybridized carbons (Fsp3) is 0.385. The zero-order valence-electron chi connectivity index (χ0n) is 9.89. The van der Waals surface area contributed by atoms with Gasteiger partial charge in [-0.15, -0.1) is 0 Å². The molecule has 2 aliphatic rings. The predicted octanol–water partition coefficient (Wildman–Crippen LogP) is 2.90. The summed E-state index contributed by atoms with van der Waals surface area (Å²) in [4.78, 5) is 10.6. The summed E-state index contributed by atoms with van der Waals surface area (Å²) >= 11 is 0. The van der Waals surface area contributed by atoms with Gasteiger partial charge in [0.25, 0.3) is 0 Å². The van der Waals surface area contributed by atoms with Crippen molar-refractivity contribution in [3.8, 4) is 5.75 Å². The van der Waals surface area contributed by atoms with Crippen LogP contribution in [0.2, 0.25) is 0 Å². The molecule has 5 heteroatoms. The Morgan fingerprint density at radius 3 is 2.72 bits per heavy atom. The summed E-state index contributed by atoms with van der Waals surface area (Å²) in [6.45, 7) is 0. The van der Waals surface area contributed by atoms with Gasteiger partial charge in [-0.25, -0.2) is 0 Å². The molecule has 1 aliphatic carbocycles. The number of hydrogen-bond donors (Lipinski definition) is 1. The first kappa shape index (κ1) is 11.1. The number of rotatable bonds is 1. The highest BCUT2D eigenvalue weighted by Crippen LogP contribution is 2.44. The fourth-order valence-corrected chi connectivity index (χ4v) is 2.79.